The largest absolute Gasteiger partial charge is 0.397 e. The number of nitrogens with zero attached hydrogens (tertiary/aromatic N) is 2. The highest BCUT2D eigenvalue weighted by Gasteiger charge is 2.04. The lowest BCUT2D eigenvalue weighted by Gasteiger charge is -2.11. The van der Waals surface area contributed by atoms with Crippen LogP contribution in [-0.4, -0.2) is 4.98 Å². The maximum absolute atomic E-state index is 8.79. The predicted molar refractivity (Wildman–Crippen MR) is 84.6 cm³/mol. The number of aromatic nitrogens is 1. The fourth-order valence-corrected chi connectivity index (χ4v) is 2.22. The van der Waals surface area contributed by atoms with Gasteiger partial charge in [-0.15, -0.1) is 0 Å². The molecule has 0 saturated heterocycles. The van der Waals surface area contributed by atoms with E-state index in [0.717, 1.165) is 22.2 Å². The Morgan fingerprint density at radius 1 is 1.10 bits per heavy atom. The van der Waals surface area contributed by atoms with Gasteiger partial charge >= 0.3 is 0 Å². The van der Waals surface area contributed by atoms with Crippen molar-refractivity contribution >= 4 is 22.3 Å². The Bertz CT molecular complexity index is 816. The number of nitriles is 1. The first-order valence-electron chi connectivity index (χ1n) is 6.64. The van der Waals surface area contributed by atoms with Crippen LogP contribution in [0, 0.1) is 11.3 Å². The molecule has 2 aromatic carbocycles. The van der Waals surface area contributed by atoms with Crippen LogP contribution in [0.5, 0.6) is 0 Å². The summed E-state index contributed by atoms with van der Waals surface area (Å²) in [5.74, 6) is 0. The molecular weight excluding hydrogens is 260 g/mol. The summed E-state index contributed by atoms with van der Waals surface area (Å²) in [6.45, 7) is 0.654. The Balaban J connectivity index is 1.81. The van der Waals surface area contributed by atoms with Gasteiger partial charge in [-0.1, -0.05) is 12.1 Å². The smallest absolute Gasteiger partial charge is 0.0991 e. The molecule has 1 aromatic heterocycles. The molecule has 0 atom stereocenters. The first kappa shape index (κ1) is 12.9. The zero-order valence-electron chi connectivity index (χ0n) is 11.4. The third-order valence-electron chi connectivity index (χ3n) is 3.39. The highest BCUT2D eigenvalue weighted by atomic mass is 14.9. The van der Waals surface area contributed by atoms with Crippen molar-refractivity contribution < 1.29 is 0 Å². The van der Waals surface area contributed by atoms with Crippen molar-refractivity contribution in [3.63, 3.8) is 0 Å². The number of hydrogen-bond donors (Lipinski definition) is 2. The highest BCUT2D eigenvalue weighted by molar-refractivity contribution is 5.96. The van der Waals surface area contributed by atoms with E-state index in [1.165, 1.54) is 0 Å². The zero-order valence-corrected chi connectivity index (χ0v) is 11.4. The van der Waals surface area contributed by atoms with Crippen LogP contribution >= 0.6 is 0 Å². The maximum Gasteiger partial charge on any atom is 0.0991 e. The Labute approximate surface area is 122 Å². The van der Waals surface area contributed by atoms with Gasteiger partial charge in [0.1, 0.15) is 0 Å². The van der Waals surface area contributed by atoms with E-state index in [2.05, 4.69) is 16.4 Å². The molecule has 4 heteroatoms. The van der Waals surface area contributed by atoms with Gasteiger partial charge in [-0.3, -0.25) is 4.98 Å². The number of benzene rings is 2. The number of pyridine rings is 1. The molecule has 3 aromatic rings. The molecule has 0 fully saturated rings. The van der Waals surface area contributed by atoms with Crippen LogP contribution in [0.4, 0.5) is 11.4 Å². The first-order chi connectivity index (χ1) is 10.3. The van der Waals surface area contributed by atoms with Crippen LogP contribution in [0.3, 0.4) is 0 Å². The number of fused-ring (bicyclic) bond motifs is 1. The SMILES string of the molecule is N#Cc1ccc(CNc2ccc3ncccc3c2N)cc1. The minimum absolute atomic E-state index is 0.654. The fraction of sp³-hybridized carbons (Fsp3) is 0.0588. The van der Waals surface area contributed by atoms with Crippen LogP contribution < -0.4 is 11.1 Å². The monoisotopic (exact) mass is 274 g/mol. The number of nitrogens with one attached hydrogen (secondary N) is 1. The number of rotatable bonds is 3. The molecule has 0 unspecified atom stereocenters. The number of nitrogen functional groups attached to an aromatic ring is 1. The van der Waals surface area contributed by atoms with Crippen LogP contribution in [0.2, 0.25) is 0 Å². The lowest BCUT2D eigenvalue weighted by atomic mass is 10.1. The van der Waals surface area contributed by atoms with E-state index in [9.17, 15) is 0 Å². The third kappa shape index (κ3) is 2.63. The molecule has 0 radical (unpaired) electrons. The van der Waals surface area contributed by atoms with Crippen molar-refractivity contribution in [3.8, 4) is 6.07 Å². The molecule has 0 aliphatic rings. The molecule has 0 amide bonds. The molecule has 0 aliphatic carbocycles. The van der Waals surface area contributed by atoms with Gasteiger partial charge in [0.2, 0.25) is 0 Å². The van der Waals surface area contributed by atoms with Gasteiger partial charge in [0.05, 0.1) is 28.5 Å². The van der Waals surface area contributed by atoms with Crippen LogP contribution in [0.25, 0.3) is 10.9 Å². The molecule has 0 saturated carbocycles. The normalized spacial score (nSPS) is 10.2. The van der Waals surface area contributed by atoms with Crippen molar-refractivity contribution in [2.45, 2.75) is 6.54 Å². The summed E-state index contributed by atoms with van der Waals surface area (Å²) in [6, 6.07) is 17.3. The summed E-state index contributed by atoms with van der Waals surface area (Å²) in [4.78, 5) is 4.28. The summed E-state index contributed by atoms with van der Waals surface area (Å²) in [7, 11) is 0. The Morgan fingerprint density at radius 2 is 1.90 bits per heavy atom. The van der Waals surface area contributed by atoms with Gasteiger partial charge in [-0.25, -0.2) is 0 Å². The highest BCUT2D eigenvalue weighted by Crippen LogP contribution is 2.27. The number of anilines is 2. The van der Waals surface area contributed by atoms with Gasteiger partial charge in [-0.2, -0.15) is 5.26 Å². The van der Waals surface area contributed by atoms with Crippen LogP contribution in [-0.2, 0) is 6.54 Å². The van der Waals surface area contributed by atoms with Gasteiger partial charge in [0.25, 0.3) is 0 Å². The molecule has 1 heterocycles. The van der Waals surface area contributed by atoms with Gasteiger partial charge in [0.15, 0.2) is 0 Å². The molecule has 0 bridgehead atoms. The van der Waals surface area contributed by atoms with E-state index in [-0.39, 0.29) is 0 Å². The van der Waals surface area contributed by atoms with E-state index in [1.54, 1.807) is 6.20 Å². The molecule has 0 aliphatic heterocycles. The van der Waals surface area contributed by atoms with E-state index in [1.807, 2.05) is 48.5 Å². The predicted octanol–water partition coefficient (Wildman–Crippen LogP) is 3.30. The fourth-order valence-electron chi connectivity index (χ4n) is 2.22. The molecule has 4 nitrogen and oxygen atoms in total. The summed E-state index contributed by atoms with van der Waals surface area (Å²) < 4.78 is 0. The Hall–Kier alpha value is -3.06. The quantitative estimate of drug-likeness (QED) is 0.718. The van der Waals surface area contributed by atoms with Crippen LogP contribution in [0.1, 0.15) is 11.1 Å². The number of hydrogen-bond acceptors (Lipinski definition) is 4. The van der Waals surface area contributed by atoms with E-state index in [0.29, 0.717) is 17.8 Å². The molecule has 0 spiro atoms. The van der Waals surface area contributed by atoms with Gasteiger partial charge < -0.3 is 11.1 Å². The second kappa shape index (κ2) is 5.51. The number of nitrogens with two attached hydrogens (primary N) is 1. The van der Waals surface area contributed by atoms with E-state index < -0.39 is 0 Å². The summed E-state index contributed by atoms with van der Waals surface area (Å²) in [5.41, 5.74) is 10.4. The van der Waals surface area contributed by atoms with Crippen molar-refractivity contribution in [2.75, 3.05) is 11.1 Å². The summed E-state index contributed by atoms with van der Waals surface area (Å²) in [5, 5.41) is 13.1. The zero-order chi connectivity index (χ0) is 14.7. The first-order valence-corrected chi connectivity index (χ1v) is 6.64. The minimum Gasteiger partial charge on any atom is -0.397 e. The Kier molecular flexibility index (Phi) is 3.40. The Morgan fingerprint density at radius 3 is 2.67 bits per heavy atom. The molecule has 102 valence electrons. The lowest BCUT2D eigenvalue weighted by Crippen LogP contribution is -2.03. The maximum atomic E-state index is 8.79. The second-order valence-electron chi connectivity index (χ2n) is 4.76. The van der Waals surface area contributed by atoms with Gasteiger partial charge in [-0.05, 0) is 42.0 Å². The van der Waals surface area contributed by atoms with Gasteiger partial charge in [0, 0.05) is 18.1 Å². The second-order valence-corrected chi connectivity index (χ2v) is 4.76. The van der Waals surface area contributed by atoms with Crippen molar-refractivity contribution in [3.05, 3.63) is 65.9 Å². The summed E-state index contributed by atoms with van der Waals surface area (Å²) >= 11 is 0. The van der Waals surface area contributed by atoms with Crippen molar-refractivity contribution in [2.24, 2.45) is 0 Å². The third-order valence-corrected chi connectivity index (χ3v) is 3.39. The van der Waals surface area contributed by atoms with Crippen molar-refractivity contribution in [1.82, 2.24) is 4.98 Å². The van der Waals surface area contributed by atoms with E-state index >= 15 is 0 Å². The van der Waals surface area contributed by atoms with Crippen molar-refractivity contribution in [1.29, 1.82) is 5.26 Å². The summed E-state index contributed by atoms with van der Waals surface area (Å²) in [6.07, 6.45) is 1.76. The minimum atomic E-state index is 0.654. The average Bonchev–Trinajstić information content (AvgIpc) is 2.55. The molecule has 3 rings (SSSR count). The molecular formula is C17H14N4. The average molecular weight is 274 g/mol. The van der Waals surface area contributed by atoms with Crippen LogP contribution in [0.15, 0.2) is 54.7 Å². The topological polar surface area (TPSA) is 74.7 Å². The van der Waals surface area contributed by atoms with E-state index in [4.69, 9.17) is 11.0 Å². The lowest BCUT2D eigenvalue weighted by molar-refractivity contribution is 1.15. The molecule has 3 N–H and O–H groups in total. The standard InChI is InChI=1S/C17H14N4/c18-10-12-3-5-13(6-4-12)11-21-16-8-7-15-14(17(16)19)2-1-9-20-15/h1-9,21H,11,19H2. The molecule has 21 heavy (non-hydrogen) atoms.